The first kappa shape index (κ1) is 21.9. The van der Waals surface area contributed by atoms with Gasteiger partial charge in [-0.05, 0) is 49.4 Å². The number of anilines is 1. The van der Waals surface area contributed by atoms with Gasteiger partial charge in [0.15, 0.2) is 11.9 Å². The molecule has 0 spiro atoms. The van der Waals surface area contributed by atoms with E-state index in [4.69, 9.17) is 9.47 Å². The number of carbonyl (C=O) groups excluding carboxylic acids is 2. The van der Waals surface area contributed by atoms with Crippen LogP contribution in [0.15, 0.2) is 46.9 Å². The number of phenolic OH excluding ortho intramolecular Hbond substituents is 1. The molecular formula is C20H22BrNO6. The van der Waals surface area contributed by atoms with Gasteiger partial charge in [0, 0.05) is 41.4 Å². The van der Waals surface area contributed by atoms with Crippen molar-refractivity contribution in [1.82, 2.24) is 0 Å². The molecule has 0 saturated heterocycles. The van der Waals surface area contributed by atoms with E-state index in [0.717, 1.165) is 0 Å². The number of aromatic hydroxyl groups is 1. The number of nitrogens with one attached hydrogen (secondary N) is 1. The molecule has 2 atom stereocenters. The molecule has 28 heavy (non-hydrogen) atoms. The second kappa shape index (κ2) is 10.2. The van der Waals surface area contributed by atoms with Crippen molar-refractivity contribution in [2.45, 2.75) is 25.6 Å². The van der Waals surface area contributed by atoms with E-state index in [9.17, 15) is 19.8 Å². The van der Waals surface area contributed by atoms with Gasteiger partial charge in [0.2, 0.25) is 0 Å². The number of methoxy groups -OCH3 is 1. The summed E-state index contributed by atoms with van der Waals surface area (Å²) in [5.74, 6) is -0.141. The molecule has 0 fully saturated rings. The Morgan fingerprint density at radius 1 is 1.18 bits per heavy atom. The molecular weight excluding hydrogens is 430 g/mol. The minimum Gasteiger partial charge on any atom is -0.508 e. The molecule has 1 amide bonds. The number of rotatable bonds is 8. The molecule has 0 aromatic heterocycles. The maximum atomic E-state index is 12.4. The number of carbonyl (C=O) groups is 2. The minimum atomic E-state index is -0.953. The third kappa shape index (κ3) is 5.79. The Kier molecular flexibility index (Phi) is 7.98. The topological polar surface area (TPSA) is 105 Å². The van der Waals surface area contributed by atoms with E-state index in [0.29, 0.717) is 21.3 Å². The zero-order chi connectivity index (χ0) is 20.7. The molecule has 0 heterocycles. The molecule has 0 aliphatic heterocycles. The summed E-state index contributed by atoms with van der Waals surface area (Å²) < 4.78 is 11.6. The SMILES string of the molecule is CO[C@H](CCO)[C@H](OC(=O)Nc1ccc(C(C)=O)cc1)c1cc(Br)ccc1O. The maximum absolute atomic E-state index is 12.4. The van der Waals surface area contributed by atoms with Crippen LogP contribution in [0.3, 0.4) is 0 Å². The van der Waals surface area contributed by atoms with Crippen LogP contribution >= 0.6 is 15.9 Å². The monoisotopic (exact) mass is 451 g/mol. The van der Waals surface area contributed by atoms with E-state index < -0.39 is 18.3 Å². The van der Waals surface area contributed by atoms with Crippen LogP contribution in [0.4, 0.5) is 10.5 Å². The fourth-order valence-corrected chi connectivity index (χ4v) is 3.04. The number of ketones is 1. The van der Waals surface area contributed by atoms with Crippen LogP contribution in [0.1, 0.15) is 35.4 Å². The lowest BCUT2D eigenvalue weighted by Crippen LogP contribution is -2.29. The molecule has 150 valence electrons. The first-order chi connectivity index (χ1) is 13.3. The Bertz CT molecular complexity index is 824. The molecule has 7 nitrogen and oxygen atoms in total. The lowest BCUT2D eigenvalue weighted by Gasteiger charge is -2.26. The Labute approximate surface area is 171 Å². The number of amides is 1. The van der Waals surface area contributed by atoms with Gasteiger partial charge in [-0.3, -0.25) is 10.1 Å². The number of hydrogen-bond acceptors (Lipinski definition) is 6. The second-order valence-corrected chi connectivity index (χ2v) is 6.99. The fourth-order valence-electron chi connectivity index (χ4n) is 2.66. The van der Waals surface area contributed by atoms with Gasteiger partial charge < -0.3 is 19.7 Å². The van der Waals surface area contributed by atoms with Gasteiger partial charge in [-0.15, -0.1) is 0 Å². The first-order valence-corrected chi connectivity index (χ1v) is 9.35. The summed E-state index contributed by atoms with van der Waals surface area (Å²) >= 11 is 3.33. The van der Waals surface area contributed by atoms with E-state index in [-0.39, 0.29) is 24.6 Å². The molecule has 0 radical (unpaired) electrons. The number of ether oxygens (including phenoxy) is 2. The normalized spacial score (nSPS) is 12.9. The van der Waals surface area contributed by atoms with Crippen LogP contribution in [0, 0.1) is 0 Å². The molecule has 0 saturated carbocycles. The zero-order valence-corrected chi connectivity index (χ0v) is 17.1. The molecule has 0 aliphatic carbocycles. The number of halogens is 1. The third-order valence-electron chi connectivity index (χ3n) is 4.12. The molecule has 2 aromatic rings. The largest absolute Gasteiger partial charge is 0.508 e. The van der Waals surface area contributed by atoms with E-state index >= 15 is 0 Å². The Balaban J connectivity index is 2.22. The predicted octanol–water partition coefficient (Wildman–Crippen LogP) is 4.04. The molecule has 2 rings (SSSR count). The highest BCUT2D eigenvalue weighted by molar-refractivity contribution is 9.10. The van der Waals surface area contributed by atoms with Gasteiger partial charge in [0.05, 0.1) is 0 Å². The Morgan fingerprint density at radius 2 is 1.86 bits per heavy atom. The fraction of sp³-hybridized carbons (Fsp3) is 0.300. The lowest BCUT2D eigenvalue weighted by molar-refractivity contribution is -0.0314. The average Bonchev–Trinajstić information content (AvgIpc) is 2.67. The smallest absolute Gasteiger partial charge is 0.412 e. The van der Waals surface area contributed by atoms with Gasteiger partial charge in [0.1, 0.15) is 11.9 Å². The van der Waals surface area contributed by atoms with Crippen LogP contribution in [0.25, 0.3) is 0 Å². The highest BCUT2D eigenvalue weighted by Gasteiger charge is 2.29. The summed E-state index contributed by atoms with van der Waals surface area (Å²) in [4.78, 5) is 23.8. The van der Waals surface area contributed by atoms with Crippen LogP contribution in [0.5, 0.6) is 5.75 Å². The Hall–Kier alpha value is -2.42. The van der Waals surface area contributed by atoms with Crippen LogP contribution in [-0.4, -0.2) is 41.9 Å². The maximum Gasteiger partial charge on any atom is 0.412 e. The molecule has 0 bridgehead atoms. The van der Waals surface area contributed by atoms with Crippen molar-refractivity contribution in [1.29, 1.82) is 0 Å². The highest BCUT2D eigenvalue weighted by atomic mass is 79.9. The Morgan fingerprint density at radius 3 is 2.43 bits per heavy atom. The van der Waals surface area contributed by atoms with E-state index in [2.05, 4.69) is 21.2 Å². The van der Waals surface area contributed by atoms with Crippen molar-refractivity contribution in [3.63, 3.8) is 0 Å². The first-order valence-electron chi connectivity index (χ1n) is 8.56. The molecule has 0 aliphatic rings. The van der Waals surface area contributed by atoms with Crippen molar-refractivity contribution in [3.05, 3.63) is 58.1 Å². The van der Waals surface area contributed by atoms with Crippen molar-refractivity contribution >= 4 is 33.5 Å². The van der Waals surface area contributed by atoms with E-state index in [1.165, 1.54) is 20.1 Å². The van der Waals surface area contributed by atoms with Gasteiger partial charge in [0.25, 0.3) is 0 Å². The zero-order valence-electron chi connectivity index (χ0n) is 15.5. The highest BCUT2D eigenvalue weighted by Crippen LogP contribution is 2.34. The van der Waals surface area contributed by atoms with Crippen LogP contribution in [-0.2, 0) is 9.47 Å². The standard InChI is InChI=1S/C20H22BrNO6/c1-12(24)13-3-6-15(7-4-13)22-20(26)28-19(18(27-2)9-10-23)16-11-14(21)5-8-17(16)25/h3-8,11,18-19,23,25H,9-10H2,1-2H3,(H,22,26)/t18-,19-/m1/s1. The molecule has 3 N–H and O–H groups in total. The predicted molar refractivity (Wildman–Crippen MR) is 108 cm³/mol. The summed E-state index contributed by atoms with van der Waals surface area (Å²) in [5.41, 5.74) is 1.32. The quantitative estimate of drug-likeness (QED) is 0.522. The van der Waals surface area contributed by atoms with E-state index in [1.807, 2.05) is 0 Å². The number of phenols is 1. The van der Waals surface area contributed by atoms with Crippen LogP contribution < -0.4 is 5.32 Å². The van der Waals surface area contributed by atoms with Gasteiger partial charge in [-0.25, -0.2) is 4.79 Å². The summed E-state index contributed by atoms with van der Waals surface area (Å²) in [6, 6.07) is 11.1. The summed E-state index contributed by atoms with van der Waals surface area (Å²) in [5, 5.41) is 22.1. The number of benzene rings is 2. The molecule has 2 aromatic carbocycles. The summed E-state index contributed by atoms with van der Waals surface area (Å²) in [6.07, 6.45) is -2.18. The molecule has 0 unspecified atom stereocenters. The second-order valence-electron chi connectivity index (χ2n) is 6.07. The number of aliphatic hydroxyl groups is 1. The van der Waals surface area contributed by atoms with Crippen molar-refractivity contribution in [2.75, 3.05) is 19.0 Å². The van der Waals surface area contributed by atoms with Gasteiger partial charge >= 0.3 is 6.09 Å². The van der Waals surface area contributed by atoms with Gasteiger partial charge in [-0.2, -0.15) is 0 Å². The molecule has 8 heteroatoms. The average molecular weight is 452 g/mol. The van der Waals surface area contributed by atoms with Crippen molar-refractivity contribution < 1.29 is 29.3 Å². The van der Waals surface area contributed by atoms with Crippen molar-refractivity contribution in [2.24, 2.45) is 0 Å². The van der Waals surface area contributed by atoms with Crippen LogP contribution in [0.2, 0.25) is 0 Å². The van der Waals surface area contributed by atoms with E-state index in [1.54, 1.807) is 36.4 Å². The number of aliphatic hydroxyl groups excluding tert-OH is 1. The lowest BCUT2D eigenvalue weighted by atomic mass is 10.0. The number of Topliss-reactive ketones (excluding diaryl/α,β-unsaturated/α-hetero) is 1. The van der Waals surface area contributed by atoms with Gasteiger partial charge in [-0.1, -0.05) is 15.9 Å². The minimum absolute atomic E-state index is 0.0631. The summed E-state index contributed by atoms with van der Waals surface area (Å²) in [7, 11) is 1.43. The number of hydrogen-bond donors (Lipinski definition) is 3. The summed E-state index contributed by atoms with van der Waals surface area (Å²) in [6.45, 7) is 1.28. The third-order valence-corrected chi connectivity index (χ3v) is 4.62. The van der Waals surface area contributed by atoms with Crippen molar-refractivity contribution in [3.8, 4) is 5.75 Å².